The number of aromatic hydroxyl groups is 1. The minimum absolute atomic E-state index is 0.0183. The predicted octanol–water partition coefficient (Wildman–Crippen LogP) is 3.04. The van der Waals surface area contributed by atoms with Crippen molar-refractivity contribution in [1.82, 2.24) is 10.3 Å². The number of carboxylic acids is 1. The van der Waals surface area contributed by atoms with Gasteiger partial charge in [0.15, 0.2) is 6.61 Å². The van der Waals surface area contributed by atoms with Crippen LogP contribution in [0.3, 0.4) is 0 Å². The highest BCUT2D eigenvalue weighted by Gasteiger charge is 2.22. The molecule has 0 fully saturated rings. The molecule has 9 nitrogen and oxygen atoms in total. The van der Waals surface area contributed by atoms with Crippen molar-refractivity contribution in [2.75, 3.05) is 6.61 Å². The van der Waals surface area contributed by atoms with E-state index in [0.717, 1.165) is 16.5 Å². The van der Waals surface area contributed by atoms with Crippen molar-refractivity contribution in [1.29, 1.82) is 0 Å². The molecule has 0 radical (unpaired) electrons. The van der Waals surface area contributed by atoms with Gasteiger partial charge in [-0.15, -0.1) is 0 Å². The number of carbonyl (C=O) groups excluding carboxylic acids is 1. The van der Waals surface area contributed by atoms with E-state index in [1.54, 1.807) is 31.3 Å². The van der Waals surface area contributed by atoms with Crippen molar-refractivity contribution < 1.29 is 29.0 Å². The summed E-state index contributed by atoms with van der Waals surface area (Å²) >= 11 is 0. The summed E-state index contributed by atoms with van der Waals surface area (Å²) in [6.07, 6.45) is 2.33. The number of ether oxygens (including phenoxy) is 1. The maximum atomic E-state index is 12.5. The van der Waals surface area contributed by atoms with Crippen LogP contribution in [-0.2, 0) is 22.4 Å². The number of aromatic nitrogens is 1. The van der Waals surface area contributed by atoms with Gasteiger partial charge in [-0.05, 0) is 54.8 Å². The summed E-state index contributed by atoms with van der Waals surface area (Å²) < 4.78 is 11.0. The van der Waals surface area contributed by atoms with Crippen molar-refractivity contribution in [2.24, 2.45) is 0 Å². The van der Waals surface area contributed by atoms with Crippen LogP contribution in [0.15, 0.2) is 51.8 Å². The molecule has 0 saturated carbocycles. The molecule has 34 heavy (non-hydrogen) atoms. The van der Waals surface area contributed by atoms with Gasteiger partial charge in [0.25, 0.3) is 5.91 Å². The lowest BCUT2D eigenvalue weighted by Gasteiger charge is -2.16. The molecule has 0 unspecified atom stereocenters. The lowest BCUT2D eigenvalue weighted by atomic mass is 10.0. The first-order valence-electron chi connectivity index (χ1n) is 10.8. The van der Waals surface area contributed by atoms with E-state index in [-0.39, 0.29) is 12.2 Å². The Morgan fingerprint density at radius 3 is 2.68 bits per heavy atom. The number of H-pyrrole nitrogens is 1. The number of fused-ring (bicyclic) bond motifs is 2. The molecule has 0 bridgehead atoms. The Hall–Kier alpha value is -4.27. The van der Waals surface area contributed by atoms with Gasteiger partial charge < -0.3 is 29.7 Å². The van der Waals surface area contributed by atoms with Crippen LogP contribution in [0.25, 0.3) is 21.9 Å². The zero-order valence-electron chi connectivity index (χ0n) is 18.7. The third-order valence-electron chi connectivity index (χ3n) is 5.74. The first-order chi connectivity index (χ1) is 16.3. The van der Waals surface area contributed by atoms with Crippen molar-refractivity contribution in [3.63, 3.8) is 0 Å². The maximum absolute atomic E-state index is 12.5. The van der Waals surface area contributed by atoms with Crippen LogP contribution in [0.1, 0.15) is 23.6 Å². The maximum Gasteiger partial charge on any atom is 0.336 e. The van der Waals surface area contributed by atoms with Crippen LogP contribution >= 0.6 is 0 Å². The van der Waals surface area contributed by atoms with Crippen LogP contribution in [0.5, 0.6) is 11.5 Å². The van der Waals surface area contributed by atoms with E-state index in [1.165, 1.54) is 18.2 Å². The number of carbonyl (C=O) groups is 2. The molecule has 2 aromatic carbocycles. The summed E-state index contributed by atoms with van der Waals surface area (Å²) in [4.78, 5) is 39.1. The summed E-state index contributed by atoms with van der Waals surface area (Å²) in [6.45, 7) is 3.25. The Bertz CT molecular complexity index is 1450. The number of aliphatic carboxylic acids is 1. The molecule has 4 N–H and O–H groups in total. The first kappa shape index (κ1) is 22.9. The topological polar surface area (TPSA) is 142 Å². The van der Waals surface area contributed by atoms with Crippen molar-refractivity contribution in [2.45, 2.75) is 32.7 Å². The van der Waals surface area contributed by atoms with Gasteiger partial charge in [0.1, 0.15) is 23.1 Å². The minimum atomic E-state index is -1.20. The van der Waals surface area contributed by atoms with E-state index in [4.69, 9.17) is 9.15 Å². The van der Waals surface area contributed by atoms with Gasteiger partial charge in [-0.3, -0.25) is 4.79 Å². The smallest absolute Gasteiger partial charge is 0.336 e. The van der Waals surface area contributed by atoms with Gasteiger partial charge in [0.05, 0.1) is 0 Å². The van der Waals surface area contributed by atoms with Crippen LogP contribution in [0.4, 0.5) is 0 Å². The summed E-state index contributed by atoms with van der Waals surface area (Å²) in [6, 6.07) is 8.47. The number of aromatic amines is 1. The number of amides is 1. The quantitative estimate of drug-likeness (QED) is 0.294. The molecule has 1 atom stereocenters. The predicted molar refractivity (Wildman–Crippen MR) is 125 cm³/mol. The van der Waals surface area contributed by atoms with Gasteiger partial charge in [-0.25, -0.2) is 9.59 Å². The van der Waals surface area contributed by atoms with Gasteiger partial charge in [0, 0.05) is 40.5 Å². The molecular formula is C25H24N2O7. The third kappa shape index (κ3) is 4.59. The Kier molecular flexibility index (Phi) is 6.27. The van der Waals surface area contributed by atoms with Crippen LogP contribution < -0.4 is 15.7 Å². The highest BCUT2D eigenvalue weighted by atomic mass is 16.5. The Morgan fingerprint density at radius 2 is 1.94 bits per heavy atom. The number of hydrogen-bond donors (Lipinski definition) is 4. The number of rotatable bonds is 8. The van der Waals surface area contributed by atoms with E-state index < -0.39 is 30.2 Å². The van der Waals surface area contributed by atoms with Gasteiger partial charge >= 0.3 is 11.6 Å². The summed E-state index contributed by atoms with van der Waals surface area (Å²) in [5, 5.41) is 23.3. The SMILES string of the molecule is CCc1cc(=O)oc2c(C)c(OCC(=O)N[C@H](Cc3c[nH]c4ccc(O)cc34)C(=O)O)ccc12. The number of hydrogen-bond acceptors (Lipinski definition) is 6. The molecule has 9 heteroatoms. The van der Waals surface area contributed by atoms with Gasteiger partial charge in [0.2, 0.25) is 0 Å². The van der Waals surface area contributed by atoms with Crippen molar-refractivity contribution in [3.8, 4) is 11.5 Å². The Labute approximate surface area is 194 Å². The summed E-state index contributed by atoms with van der Waals surface area (Å²) in [5.74, 6) is -1.39. The summed E-state index contributed by atoms with van der Waals surface area (Å²) in [5.41, 5.74) is 2.76. The molecule has 1 amide bonds. The fourth-order valence-corrected chi connectivity index (χ4v) is 3.99. The number of carboxylic acid groups (broad SMARTS) is 1. The lowest BCUT2D eigenvalue weighted by molar-refractivity contribution is -0.142. The first-order valence-corrected chi connectivity index (χ1v) is 10.8. The Morgan fingerprint density at radius 1 is 1.15 bits per heavy atom. The minimum Gasteiger partial charge on any atom is -0.508 e. The monoisotopic (exact) mass is 464 g/mol. The van der Waals surface area contributed by atoms with Crippen molar-refractivity contribution in [3.05, 3.63) is 69.7 Å². The molecular weight excluding hydrogens is 440 g/mol. The normalized spacial score (nSPS) is 12.1. The molecule has 0 aliphatic carbocycles. The van der Waals surface area contributed by atoms with Gasteiger partial charge in [-0.2, -0.15) is 0 Å². The third-order valence-corrected chi connectivity index (χ3v) is 5.74. The number of aryl methyl sites for hydroxylation is 2. The molecule has 176 valence electrons. The molecule has 4 rings (SSSR count). The number of benzene rings is 2. The average molecular weight is 464 g/mol. The van der Waals surface area contributed by atoms with E-state index in [0.29, 0.717) is 34.3 Å². The number of nitrogens with one attached hydrogen (secondary N) is 2. The summed E-state index contributed by atoms with van der Waals surface area (Å²) in [7, 11) is 0. The number of phenols is 1. The largest absolute Gasteiger partial charge is 0.508 e. The second-order valence-corrected chi connectivity index (χ2v) is 8.00. The van der Waals surface area contributed by atoms with Crippen LogP contribution in [0, 0.1) is 6.92 Å². The Balaban J connectivity index is 1.47. The van der Waals surface area contributed by atoms with E-state index >= 15 is 0 Å². The zero-order valence-corrected chi connectivity index (χ0v) is 18.7. The fraction of sp³-hybridized carbons (Fsp3) is 0.240. The lowest BCUT2D eigenvalue weighted by Crippen LogP contribution is -2.44. The standard InChI is InChI=1S/C25H24N2O7/c1-3-14-9-23(30)34-24-13(2)21(7-5-17(14)24)33-12-22(29)27-20(25(31)32)8-15-11-26-19-6-4-16(28)10-18(15)19/h4-7,9-11,20,26,28H,3,8,12H2,1-2H3,(H,27,29)(H,31,32)/t20-/m1/s1. The second kappa shape index (κ2) is 9.30. The van der Waals surface area contributed by atoms with Crippen LogP contribution in [0.2, 0.25) is 0 Å². The molecule has 0 aliphatic rings. The number of phenolic OH excluding ortho intramolecular Hbond substituents is 1. The highest BCUT2D eigenvalue weighted by Crippen LogP contribution is 2.29. The van der Waals surface area contributed by atoms with E-state index in [1.807, 2.05) is 6.92 Å². The molecule has 2 heterocycles. The average Bonchev–Trinajstić information content (AvgIpc) is 3.19. The van der Waals surface area contributed by atoms with Gasteiger partial charge in [-0.1, -0.05) is 6.92 Å². The molecule has 0 saturated heterocycles. The molecule has 4 aromatic rings. The van der Waals surface area contributed by atoms with E-state index in [9.17, 15) is 24.6 Å². The second-order valence-electron chi connectivity index (χ2n) is 8.00. The van der Waals surface area contributed by atoms with Crippen LogP contribution in [-0.4, -0.2) is 39.7 Å². The molecule has 0 aliphatic heterocycles. The zero-order chi connectivity index (χ0) is 24.4. The van der Waals surface area contributed by atoms with E-state index in [2.05, 4.69) is 10.3 Å². The van der Waals surface area contributed by atoms with Crippen molar-refractivity contribution >= 4 is 33.7 Å². The highest BCUT2D eigenvalue weighted by molar-refractivity contribution is 5.88. The fourth-order valence-electron chi connectivity index (χ4n) is 3.99. The molecule has 0 spiro atoms. The molecule has 2 aromatic heterocycles.